The molecular weight excluding hydrogens is 182 g/mol. The number of carbonyl (C=O) groups is 1. The van der Waals surface area contributed by atoms with E-state index in [1.54, 1.807) is 0 Å². The number of rotatable bonds is 2. The van der Waals surface area contributed by atoms with Gasteiger partial charge in [0.1, 0.15) is 5.76 Å². The van der Waals surface area contributed by atoms with Gasteiger partial charge in [-0.2, -0.15) is 0 Å². The Morgan fingerprint density at radius 2 is 2.50 bits per heavy atom. The molecule has 2 atom stereocenters. The fourth-order valence-corrected chi connectivity index (χ4v) is 1.89. The fraction of sp³-hybridized carbons (Fsp3) is 0.600. The highest BCUT2D eigenvalue weighted by molar-refractivity contribution is 5.75. The summed E-state index contributed by atoms with van der Waals surface area (Å²) in [5.74, 6) is 0.997. The average Bonchev–Trinajstić information content (AvgIpc) is 2.65. The maximum absolute atomic E-state index is 10.7. The molecule has 4 heteroatoms. The highest BCUT2D eigenvalue weighted by Crippen LogP contribution is 2.31. The number of aldehydes is 1. The predicted octanol–water partition coefficient (Wildman–Crippen LogP) is 1.77. The quantitative estimate of drug-likeness (QED) is 0.675. The van der Waals surface area contributed by atoms with E-state index in [-0.39, 0.29) is 12.0 Å². The lowest BCUT2D eigenvalue weighted by molar-refractivity contribution is 0.0142. The maximum Gasteiger partial charge on any atom is 0.155 e. The Kier molecular flexibility index (Phi) is 2.63. The standard InChI is InChI=1S/C10H13NO3/c1-7-4-8(2-3-13-7)10-9(6-12)5-11-14-10/h5-8H,2-4H2,1H3. The van der Waals surface area contributed by atoms with E-state index in [0.717, 1.165) is 31.5 Å². The van der Waals surface area contributed by atoms with Crippen LogP contribution < -0.4 is 0 Å². The average molecular weight is 195 g/mol. The third-order valence-corrected chi connectivity index (χ3v) is 2.61. The summed E-state index contributed by atoms with van der Waals surface area (Å²) in [4.78, 5) is 10.7. The first-order chi connectivity index (χ1) is 6.81. The van der Waals surface area contributed by atoms with Gasteiger partial charge in [0.25, 0.3) is 0 Å². The van der Waals surface area contributed by atoms with Crippen LogP contribution in [0.15, 0.2) is 10.7 Å². The van der Waals surface area contributed by atoms with Crippen LogP contribution in [0, 0.1) is 0 Å². The predicted molar refractivity (Wildman–Crippen MR) is 49.3 cm³/mol. The molecule has 0 radical (unpaired) electrons. The minimum absolute atomic E-state index is 0.235. The number of nitrogens with zero attached hydrogens (tertiary/aromatic N) is 1. The molecule has 0 bridgehead atoms. The molecule has 0 aliphatic carbocycles. The zero-order valence-electron chi connectivity index (χ0n) is 8.10. The van der Waals surface area contributed by atoms with Gasteiger partial charge in [0.15, 0.2) is 6.29 Å². The first kappa shape index (κ1) is 9.40. The first-order valence-corrected chi connectivity index (χ1v) is 4.82. The third kappa shape index (κ3) is 1.70. The van der Waals surface area contributed by atoms with Crippen LogP contribution >= 0.6 is 0 Å². The van der Waals surface area contributed by atoms with Crippen molar-refractivity contribution in [3.8, 4) is 0 Å². The summed E-state index contributed by atoms with van der Waals surface area (Å²) in [6.07, 6.45) is 4.31. The van der Waals surface area contributed by atoms with Crippen LogP contribution in [0.5, 0.6) is 0 Å². The summed E-state index contributed by atoms with van der Waals surface area (Å²) in [6.45, 7) is 2.76. The molecule has 0 saturated carbocycles. The molecule has 14 heavy (non-hydrogen) atoms. The van der Waals surface area contributed by atoms with Gasteiger partial charge >= 0.3 is 0 Å². The second-order valence-electron chi connectivity index (χ2n) is 3.67. The van der Waals surface area contributed by atoms with Gasteiger partial charge in [-0.1, -0.05) is 5.16 Å². The fourth-order valence-electron chi connectivity index (χ4n) is 1.89. The molecule has 1 aromatic rings. The lowest BCUT2D eigenvalue weighted by Gasteiger charge is -2.25. The Morgan fingerprint density at radius 1 is 1.64 bits per heavy atom. The van der Waals surface area contributed by atoms with Crippen LogP contribution in [-0.4, -0.2) is 24.2 Å². The second kappa shape index (κ2) is 3.92. The van der Waals surface area contributed by atoms with E-state index in [1.165, 1.54) is 6.20 Å². The molecule has 1 aromatic heterocycles. The molecule has 1 aliphatic rings. The van der Waals surface area contributed by atoms with E-state index in [2.05, 4.69) is 5.16 Å². The first-order valence-electron chi connectivity index (χ1n) is 4.82. The molecular formula is C10H13NO3. The Bertz CT molecular complexity index is 321. The Balaban J connectivity index is 2.17. The lowest BCUT2D eigenvalue weighted by Crippen LogP contribution is -2.22. The SMILES string of the molecule is CC1CC(c2oncc2C=O)CCO1. The Labute approximate surface area is 82.2 Å². The normalized spacial score (nSPS) is 27.5. The van der Waals surface area contributed by atoms with Gasteiger partial charge in [0, 0.05) is 12.5 Å². The summed E-state index contributed by atoms with van der Waals surface area (Å²) < 4.78 is 10.5. The van der Waals surface area contributed by atoms with E-state index >= 15 is 0 Å². The van der Waals surface area contributed by atoms with Crippen molar-refractivity contribution in [1.82, 2.24) is 5.16 Å². The molecule has 2 unspecified atom stereocenters. The smallest absolute Gasteiger partial charge is 0.155 e. The molecule has 0 spiro atoms. The van der Waals surface area contributed by atoms with Crippen molar-refractivity contribution in [1.29, 1.82) is 0 Å². The van der Waals surface area contributed by atoms with Crippen molar-refractivity contribution in [2.45, 2.75) is 31.8 Å². The van der Waals surface area contributed by atoms with E-state index in [4.69, 9.17) is 9.26 Å². The molecule has 1 fully saturated rings. The van der Waals surface area contributed by atoms with Gasteiger partial charge in [-0.25, -0.2) is 0 Å². The van der Waals surface area contributed by atoms with Crippen molar-refractivity contribution < 1.29 is 14.1 Å². The van der Waals surface area contributed by atoms with Crippen LogP contribution in [0.3, 0.4) is 0 Å². The topological polar surface area (TPSA) is 52.3 Å². The van der Waals surface area contributed by atoms with Crippen LogP contribution in [0.25, 0.3) is 0 Å². The molecule has 1 aliphatic heterocycles. The van der Waals surface area contributed by atoms with Crippen molar-refractivity contribution in [2.24, 2.45) is 0 Å². The van der Waals surface area contributed by atoms with Crippen LogP contribution in [-0.2, 0) is 4.74 Å². The minimum Gasteiger partial charge on any atom is -0.378 e. The lowest BCUT2D eigenvalue weighted by atomic mass is 9.92. The number of carbonyl (C=O) groups excluding carboxylic acids is 1. The summed E-state index contributed by atoms with van der Waals surface area (Å²) in [6, 6.07) is 0. The van der Waals surface area contributed by atoms with Gasteiger partial charge < -0.3 is 9.26 Å². The van der Waals surface area contributed by atoms with Crippen LogP contribution in [0.2, 0.25) is 0 Å². The highest BCUT2D eigenvalue weighted by atomic mass is 16.5. The molecule has 0 N–H and O–H groups in total. The summed E-state index contributed by atoms with van der Waals surface area (Å²) >= 11 is 0. The molecule has 0 amide bonds. The van der Waals surface area contributed by atoms with Gasteiger partial charge in [-0.05, 0) is 19.8 Å². The van der Waals surface area contributed by atoms with Gasteiger partial charge in [-0.3, -0.25) is 4.79 Å². The van der Waals surface area contributed by atoms with Crippen molar-refractivity contribution in [2.75, 3.05) is 6.61 Å². The molecule has 2 rings (SSSR count). The van der Waals surface area contributed by atoms with Gasteiger partial charge in [-0.15, -0.1) is 0 Å². The summed E-state index contributed by atoms with van der Waals surface area (Å²) in [7, 11) is 0. The van der Waals surface area contributed by atoms with Crippen molar-refractivity contribution in [3.63, 3.8) is 0 Å². The van der Waals surface area contributed by atoms with Crippen LogP contribution in [0.1, 0.15) is 41.8 Å². The van der Waals surface area contributed by atoms with E-state index in [9.17, 15) is 4.79 Å². The summed E-state index contributed by atoms with van der Waals surface area (Å²) in [5.41, 5.74) is 0.573. The number of hydrogen-bond donors (Lipinski definition) is 0. The van der Waals surface area contributed by atoms with Gasteiger partial charge in [0.2, 0.25) is 0 Å². The largest absolute Gasteiger partial charge is 0.378 e. The van der Waals surface area contributed by atoms with Gasteiger partial charge in [0.05, 0.1) is 17.9 Å². The monoisotopic (exact) mass is 195 g/mol. The highest BCUT2D eigenvalue weighted by Gasteiger charge is 2.26. The molecule has 2 heterocycles. The van der Waals surface area contributed by atoms with E-state index in [1.807, 2.05) is 6.92 Å². The Morgan fingerprint density at radius 3 is 3.21 bits per heavy atom. The molecule has 0 aromatic carbocycles. The van der Waals surface area contributed by atoms with E-state index in [0.29, 0.717) is 5.56 Å². The van der Waals surface area contributed by atoms with Crippen LogP contribution in [0.4, 0.5) is 0 Å². The number of aromatic nitrogens is 1. The second-order valence-corrected chi connectivity index (χ2v) is 3.67. The Hall–Kier alpha value is -1.16. The summed E-state index contributed by atoms with van der Waals surface area (Å²) in [5, 5.41) is 3.65. The molecule has 1 saturated heterocycles. The van der Waals surface area contributed by atoms with Crippen molar-refractivity contribution >= 4 is 6.29 Å². The maximum atomic E-state index is 10.7. The van der Waals surface area contributed by atoms with E-state index < -0.39 is 0 Å². The minimum atomic E-state index is 0.235. The molecule has 76 valence electrons. The number of ether oxygens (including phenoxy) is 1. The number of hydrogen-bond acceptors (Lipinski definition) is 4. The van der Waals surface area contributed by atoms with Crippen molar-refractivity contribution in [3.05, 3.63) is 17.5 Å². The molecule has 4 nitrogen and oxygen atoms in total. The third-order valence-electron chi connectivity index (χ3n) is 2.61. The zero-order valence-corrected chi connectivity index (χ0v) is 8.10. The zero-order chi connectivity index (χ0) is 9.97.